The number of hydrogen-bond donors (Lipinski definition) is 0. The van der Waals surface area contributed by atoms with Crippen molar-refractivity contribution in [2.24, 2.45) is 0 Å². The molecular formula is C12H13BrFN3O2. The topological polar surface area (TPSA) is 56.5 Å². The van der Waals surface area contributed by atoms with E-state index in [1.165, 1.54) is 16.8 Å². The summed E-state index contributed by atoms with van der Waals surface area (Å²) in [4.78, 5) is 15.7. The average molecular weight is 330 g/mol. The first kappa shape index (κ1) is 13.9. The normalized spacial score (nSPS) is 11.8. The Morgan fingerprint density at radius 3 is 2.84 bits per heavy atom. The smallest absolute Gasteiger partial charge is 0.310 e. The van der Waals surface area contributed by atoms with E-state index in [0.717, 1.165) is 0 Å². The van der Waals surface area contributed by atoms with Gasteiger partial charge in [-0.3, -0.25) is 4.79 Å². The van der Waals surface area contributed by atoms with E-state index in [2.05, 4.69) is 26.0 Å². The molecule has 0 bridgehead atoms. The molecule has 0 saturated carbocycles. The highest BCUT2D eigenvalue weighted by Gasteiger charge is 2.18. The summed E-state index contributed by atoms with van der Waals surface area (Å²) < 4.78 is 20.6. The van der Waals surface area contributed by atoms with Crippen molar-refractivity contribution in [3.05, 3.63) is 28.4 Å². The van der Waals surface area contributed by atoms with Gasteiger partial charge in [0.25, 0.3) is 0 Å². The third kappa shape index (κ3) is 3.50. The van der Waals surface area contributed by atoms with Gasteiger partial charge in [0.2, 0.25) is 4.73 Å². The highest BCUT2D eigenvalue weighted by Crippen LogP contribution is 2.15. The first-order valence-corrected chi connectivity index (χ1v) is 6.46. The standard InChI is InChI=1S/C12H13BrFN3O2/c1-12(2,3)19-10(18)5-7-4-9-15-11(13)16-17(9)6-8(7)14/h4,6H,5H2,1-3H3. The zero-order chi connectivity index (χ0) is 14.2. The van der Waals surface area contributed by atoms with E-state index >= 15 is 0 Å². The quantitative estimate of drug-likeness (QED) is 0.794. The molecule has 2 rings (SSSR count). The monoisotopic (exact) mass is 329 g/mol. The predicted octanol–water partition coefficient (Wildman–Crippen LogP) is 2.52. The molecule has 0 unspecified atom stereocenters. The van der Waals surface area contributed by atoms with Crippen LogP contribution < -0.4 is 0 Å². The van der Waals surface area contributed by atoms with Gasteiger partial charge in [-0.05, 0) is 42.8 Å². The third-order valence-corrected chi connectivity index (χ3v) is 2.57. The Hall–Kier alpha value is -1.50. The second-order valence-electron chi connectivity index (χ2n) is 5.09. The van der Waals surface area contributed by atoms with Crippen LogP contribution >= 0.6 is 15.9 Å². The van der Waals surface area contributed by atoms with Crippen molar-refractivity contribution in [1.82, 2.24) is 14.6 Å². The number of esters is 1. The molecule has 7 heteroatoms. The molecule has 0 aliphatic carbocycles. The second-order valence-corrected chi connectivity index (χ2v) is 5.80. The first-order valence-electron chi connectivity index (χ1n) is 5.67. The van der Waals surface area contributed by atoms with Gasteiger partial charge in [0.15, 0.2) is 5.65 Å². The van der Waals surface area contributed by atoms with Gasteiger partial charge in [0, 0.05) is 5.56 Å². The minimum Gasteiger partial charge on any atom is -0.460 e. The summed E-state index contributed by atoms with van der Waals surface area (Å²) in [6.45, 7) is 5.29. The summed E-state index contributed by atoms with van der Waals surface area (Å²) in [6.07, 6.45) is 1.05. The summed E-state index contributed by atoms with van der Waals surface area (Å²) in [5.41, 5.74) is 0.115. The lowest BCUT2D eigenvalue weighted by Gasteiger charge is -2.19. The Bertz CT molecular complexity index is 634. The summed E-state index contributed by atoms with van der Waals surface area (Å²) in [5, 5.41) is 3.92. The molecule has 0 radical (unpaired) electrons. The van der Waals surface area contributed by atoms with Gasteiger partial charge in [-0.2, -0.15) is 0 Å². The van der Waals surface area contributed by atoms with Crippen molar-refractivity contribution in [1.29, 1.82) is 0 Å². The lowest BCUT2D eigenvalue weighted by molar-refractivity contribution is -0.153. The van der Waals surface area contributed by atoms with Crippen molar-refractivity contribution >= 4 is 27.5 Å². The fraction of sp³-hybridized carbons (Fsp3) is 0.417. The van der Waals surface area contributed by atoms with Gasteiger partial charge in [-0.15, -0.1) is 5.10 Å². The van der Waals surface area contributed by atoms with E-state index in [4.69, 9.17) is 4.74 Å². The number of fused-ring (bicyclic) bond motifs is 1. The molecule has 0 N–H and O–H groups in total. The van der Waals surface area contributed by atoms with Gasteiger partial charge in [-0.25, -0.2) is 13.9 Å². The highest BCUT2D eigenvalue weighted by molar-refractivity contribution is 9.10. The SMILES string of the molecule is CC(C)(C)OC(=O)Cc1cc2nc(Br)nn2cc1F. The molecule has 0 aliphatic rings. The van der Waals surface area contributed by atoms with E-state index in [1.54, 1.807) is 20.8 Å². The van der Waals surface area contributed by atoms with E-state index in [0.29, 0.717) is 10.4 Å². The van der Waals surface area contributed by atoms with E-state index in [-0.39, 0.29) is 12.0 Å². The summed E-state index contributed by atoms with van der Waals surface area (Å²) >= 11 is 3.11. The summed E-state index contributed by atoms with van der Waals surface area (Å²) in [6, 6.07) is 1.48. The Morgan fingerprint density at radius 2 is 2.21 bits per heavy atom. The molecule has 0 aromatic carbocycles. The van der Waals surface area contributed by atoms with Gasteiger partial charge < -0.3 is 4.74 Å². The molecule has 2 aromatic rings. The van der Waals surface area contributed by atoms with Crippen LogP contribution in [0.4, 0.5) is 4.39 Å². The number of carbonyl (C=O) groups is 1. The number of rotatable bonds is 2. The van der Waals surface area contributed by atoms with Crippen LogP contribution in [0.15, 0.2) is 17.0 Å². The van der Waals surface area contributed by atoms with E-state index in [9.17, 15) is 9.18 Å². The highest BCUT2D eigenvalue weighted by atomic mass is 79.9. The molecule has 2 aromatic heterocycles. The van der Waals surface area contributed by atoms with Crippen LogP contribution in [0.2, 0.25) is 0 Å². The number of hydrogen-bond acceptors (Lipinski definition) is 4. The molecule has 0 fully saturated rings. The van der Waals surface area contributed by atoms with Crippen molar-refractivity contribution in [2.45, 2.75) is 32.8 Å². The Morgan fingerprint density at radius 1 is 1.53 bits per heavy atom. The number of aromatic nitrogens is 3. The van der Waals surface area contributed by atoms with Gasteiger partial charge in [-0.1, -0.05) is 0 Å². The number of halogens is 2. The largest absolute Gasteiger partial charge is 0.460 e. The van der Waals surface area contributed by atoms with Crippen LogP contribution in [0.1, 0.15) is 26.3 Å². The van der Waals surface area contributed by atoms with Gasteiger partial charge in [0.05, 0.1) is 12.6 Å². The summed E-state index contributed by atoms with van der Waals surface area (Å²) in [5.74, 6) is -0.995. The molecule has 0 amide bonds. The predicted molar refractivity (Wildman–Crippen MR) is 70.2 cm³/mol. The number of pyridine rings is 1. The average Bonchev–Trinajstić information content (AvgIpc) is 2.55. The Balaban J connectivity index is 2.25. The van der Waals surface area contributed by atoms with Crippen LogP contribution in [-0.4, -0.2) is 26.2 Å². The Kier molecular flexibility index (Phi) is 3.58. The van der Waals surface area contributed by atoms with Crippen LogP contribution in [0, 0.1) is 5.82 Å². The number of carbonyl (C=O) groups excluding carboxylic acids is 1. The van der Waals surface area contributed by atoms with E-state index in [1.807, 2.05) is 0 Å². The zero-order valence-corrected chi connectivity index (χ0v) is 12.4. The van der Waals surface area contributed by atoms with Crippen molar-refractivity contribution in [2.75, 3.05) is 0 Å². The molecule has 19 heavy (non-hydrogen) atoms. The maximum Gasteiger partial charge on any atom is 0.310 e. The second kappa shape index (κ2) is 4.88. The van der Waals surface area contributed by atoms with Crippen molar-refractivity contribution in [3.63, 3.8) is 0 Å². The summed E-state index contributed by atoms with van der Waals surface area (Å²) in [7, 11) is 0. The third-order valence-electron chi connectivity index (χ3n) is 2.23. The van der Waals surface area contributed by atoms with Crippen LogP contribution in [0.3, 0.4) is 0 Å². The minimum absolute atomic E-state index is 0.135. The van der Waals surface area contributed by atoms with Crippen molar-refractivity contribution in [3.8, 4) is 0 Å². The van der Waals surface area contributed by atoms with Crippen molar-refractivity contribution < 1.29 is 13.9 Å². The first-order chi connectivity index (χ1) is 8.74. The van der Waals surface area contributed by atoms with Crippen LogP contribution in [0.25, 0.3) is 5.65 Å². The maximum atomic E-state index is 13.8. The Labute approximate surface area is 117 Å². The van der Waals surface area contributed by atoms with Crippen LogP contribution in [0.5, 0.6) is 0 Å². The molecular weight excluding hydrogens is 317 g/mol. The van der Waals surface area contributed by atoms with Gasteiger partial charge in [0.1, 0.15) is 11.4 Å². The molecule has 0 atom stereocenters. The zero-order valence-electron chi connectivity index (χ0n) is 10.8. The molecule has 0 saturated heterocycles. The lowest BCUT2D eigenvalue weighted by atomic mass is 10.1. The molecule has 2 heterocycles. The molecule has 0 spiro atoms. The minimum atomic E-state index is -0.588. The lowest BCUT2D eigenvalue weighted by Crippen LogP contribution is -2.25. The molecule has 0 aliphatic heterocycles. The maximum absolute atomic E-state index is 13.8. The molecule has 102 valence electrons. The van der Waals surface area contributed by atoms with Crippen LogP contribution in [-0.2, 0) is 16.0 Å². The fourth-order valence-corrected chi connectivity index (χ4v) is 1.94. The number of nitrogens with zero attached hydrogens (tertiary/aromatic N) is 3. The van der Waals surface area contributed by atoms with Gasteiger partial charge >= 0.3 is 5.97 Å². The number of ether oxygens (including phenoxy) is 1. The van der Waals surface area contributed by atoms with E-state index < -0.39 is 17.4 Å². The fourth-order valence-electron chi connectivity index (χ4n) is 1.59. The molecule has 5 nitrogen and oxygen atoms in total.